The molecule has 3 rings (SSSR count). The zero-order chi connectivity index (χ0) is 33.0. The van der Waals surface area contributed by atoms with Crippen LogP contribution < -0.4 is 20.9 Å². The van der Waals surface area contributed by atoms with Crippen LogP contribution in [0.1, 0.15) is 108 Å². The van der Waals surface area contributed by atoms with E-state index in [9.17, 15) is 24.3 Å². The normalized spacial score (nSPS) is 11.8. The molecule has 3 amide bonds. The van der Waals surface area contributed by atoms with Crippen LogP contribution in [0.3, 0.4) is 0 Å². The molecule has 0 radical (unpaired) electrons. The lowest BCUT2D eigenvalue weighted by Crippen LogP contribution is -2.42. The van der Waals surface area contributed by atoms with E-state index < -0.39 is 29.7 Å². The van der Waals surface area contributed by atoms with Crippen molar-refractivity contribution in [3.05, 3.63) is 100 Å². The lowest BCUT2D eigenvalue weighted by atomic mass is 9.86. The summed E-state index contributed by atoms with van der Waals surface area (Å²) in [5.74, 6) is -1.96. The molecule has 240 valence electrons. The first-order chi connectivity index (χ1) is 21.4. The molecule has 0 bridgehead atoms. The minimum Gasteiger partial charge on any atom is -0.494 e. The summed E-state index contributed by atoms with van der Waals surface area (Å²) in [6, 6.07) is 17.5. The number of carbonyl (C=O) groups is 4. The Hall–Kier alpha value is -4.66. The van der Waals surface area contributed by atoms with Gasteiger partial charge in [0.05, 0.1) is 6.61 Å². The Labute approximate surface area is 265 Å². The van der Waals surface area contributed by atoms with Crippen LogP contribution in [-0.2, 0) is 16.6 Å². The number of nitrogens with one attached hydrogen (secondary N) is 3. The summed E-state index contributed by atoms with van der Waals surface area (Å²) in [5.41, 5.74) is 8.12. The van der Waals surface area contributed by atoms with Gasteiger partial charge < -0.3 is 15.2 Å². The fraction of sp³-hybridized carbons (Fsp3) is 0.389. The fourth-order valence-corrected chi connectivity index (χ4v) is 4.76. The van der Waals surface area contributed by atoms with Crippen LogP contribution in [0.2, 0.25) is 0 Å². The Balaban J connectivity index is 1.52. The molecular formula is C36H45N3O6. The summed E-state index contributed by atoms with van der Waals surface area (Å²) in [7, 11) is 0. The van der Waals surface area contributed by atoms with E-state index in [1.807, 2.05) is 12.1 Å². The lowest BCUT2D eigenvalue weighted by Gasteiger charge is -2.19. The number of carboxylic acids is 1. The molecule has 9 heteroatoms. The van der Waals surface area contributed by atoms with Crippen LogP contribution in [0, 0.1) is 6.92 Å². The molecule has 0 saturated carbocycles. The molecule has 45 heavy (non-hydrogen) atoms. The van der Waals surface area contributed by atoms with Crippen LogP contribution in [0.5, 0.6) is 5.75 Å². The van der Waals surface area contributed by atoms with Crippen LogP contribution in [0.25, 0.3) is 0 Å². The van der Waals surface area contributed by atoms with Crippen molar-refractivity contribution in [1.29, 1.82) is 0 Å². The number of aryl methyl sites for hydroxylation is 1. The highest BCUT2D eigenvalue weighted by molar-refractivity contribution is 6.00. The van der Waals surface area contributed by atoms with E-state index in [0.717, 1.165) is 18.4 Å². The third-order valence-corrected chi connectivity index (χ3v) is 7.51. The number of carboxylic acid groups (broad SMARTS) is 1. The summed E-state index contributed by atoms with van der Waals surface area (Å²) in [4.78, 5) is 50.1. The second-order valence-corrected chi connectivity index (χ2v) is 12.2. The number of amides is 3. The highest BCUT2D eigenvalue weighted by atomic mass is 16.5. The number of hydrogen-bond acceptors (Lipinski definition) is 5. The average molecular weight is 616 g/mol. The molecule has 3 aromatic carbocycles. The van der Waals surface area contributed by atoms with Crippen LogP contribution in [0.4, 0.5) is 0 Å². The van der Waals surface area contributed by atoms with Gasteiger partial charge in [-0.05, 0) is 77.9 Å². The molecule has 3 aromatic rings. The number of ether oxygens (including phenoxy) is 1. The van der Waals surface area contributed by atoms with E-state index in [1.165, 1.54) is 19.3 Å². The van der Waals surface area contributed by atoms with Gasteiger partial charge in [-0.15, -0.1) is 0 Å². The summed E-state index contributed by atoms with van der Waals surface area (Å²) < 4.78 is 5.74. The van der Waals surface area contributed by atoms with Gasteiger partial charge in [-0.2, -0.15) is 0 Å². The molecule has 0 aliphatic carbocycles. The number of hydrogen-bond donors (Lipinski definition) is 4. The average Bonchev–Trinajstić information content (AvgIpc) is 3.01. The van der Waals surface area contributed by atoms with Crippen LogP contribution in [0.15, 0.2) is 66.7 Å². The van der Waals surface area contributed by atoms with Crippen LogP contribution in [-0.4, -0.2) is 41.4 Å². The highest BCUT2D eigenvalue weighted by Gasteiger charge is 2.23. The summed E-state index contributed by atoms with van der Waals surface area (Å²) in [6.07, 6.45) is 5.77. The molecule has 4 N–H and O–H groups in total. The molecule has 0 spiro atoms. The van der Waals surface area contributed by atoms with Crippen molar-refractivity contribution >= 4 is 23.7 Å². The number of carbonyl (C=O) groups excluding carboxylic acids is 3. The minimum absolute atomic E-state index is 0.0270. The van der Waals surface area contributed by atoms with E-state index in [1.54, 1.807) is 61.5 Å². The van der Waals surface area contributed by atoms with Crippen molar-refractivity contribution in [2.45, 2.75) is 84.6 Å². The van der Waals surface area contributed by atoms with Gasteiger partial charge in [-0.3, -0.25) is 25.2 Å². The van der Waals surface area contributed by atoms with E-state index in [0.29, 0.717) is 40.2 Å². The van der Waals surface area contributed by atoms with Gasteiger partial charge in [-0.25, -0.2) is 4.79 Å². The number of rotatable bonds is 14. The predicted molar refractivity (Wildman–Crippen MR) is 175 cm³/mol. The Kier molecular flexibility index (Phi) is 12.7. The Morgan fingerprint density at radius 3 is 1.98 bits per heavy atom. The Bertz CT molecular complexity index is 1460. The van der Waals surface area contributed by atoms with Gasteiger partial charge in [0, 0.05) is 23.1 Å². The van der Waals surface area contributed by atoms with Crippen molar-refractivity contribution in [1.82, 2.24) is 16.2 Å². The van der Waals surface area contributed by atoms with Crippen molar-refractivity contribution in [2.24, 2.45) is 0 Å². The second-order valence-electron chi connectivity index (χ2n) is 12.2. The molecular weight excluding hydrogens is 570 g/mol. The molecule has 1 unspecified atom stereocenters. The molecule has 0 aliphatic rings. The minimum atomic E-state index is -1.17. The lowest BCUT2D eigenvalue weighted by molar-refractivity contribution is -0.139. The first kappa shape index (κ1) is 34.8. The summed E-state index contributed by atoms with van der Waals surface area (Å²) >= 11 is 0. The molecule has 0 heterocycles. The van der Waals surface area contributed by atoms with Gasteiger partial charge >= 0.3 is 5.97 Å². The van der Waals surface area contributed by atoms with Crippen molar-refractivity contribution in [2.75, 3.05) is 6.61 Å². The number of aliphatic carboxylic acids is 1. The number of benzene rings is 3. The largest absolute Gasteiger partial charge is 0.494 e. The van der Waals surface area contributed by atoms with Gasteiger partial charge in [-0.1, -0.05) is 77.6 Å². The third-order valence-electron chi connectivity index (χ3n) is 7.51. The second kappa shape index (κ2) is 16.4. The van der Waals surface area contributed by atoms with Gasteiger partial charge in [0.2, 0.25) is 0 Å². The monoisotopic (exact) mass is 615 g/mol. The molecule has 0 aliphatic heterocycles. The molecule has 0 saturated heterocycles. The summed E-state index contributed by atoms with van der Waals surface area (Å²) in [6.45, 7) is 10.7. The predicted octanol–water partition coefficient (Wildman–Crippen LogP) is 6.14. The molecule has 0 fully saturated rings. The number of unbranched alkanes of at least 4 members (excludes halogenated alkanes) is 4. The first-order valence-electron chi connectivity index (χ1n) is 15.5. The number of hydrazine groups is 1. The van der Waals surface area contributed by atoms with Crippen molar-refractivity contribution in [3.8, 4) is 5.75 Å². The van der Waals surface area contributed by atoms with Crippen molar-refractivity contribution < 1.29 is 29.0 Å². The van der Waals surface area contributed by atoms with Gasteiger partial charge in [0.25, 0.3) is 17.7 Å². The van der Waals surface area contributed by atoms with Crippen LogP contribution >= 0.6 is 0 Å². The topological polar surface area (TPSA) is 134 Å². The Morgan fingerprint density at radius 1 is 0.778 bits per heavy atom. The third kappa shape index (κ3) is 10.8. The molecule has 1 atom stereocenters. The van der Waals surface area contributed by atoms with E-state index in [4.69, 9.17) is 4.74 Å². The molecule has 0 aromatic heterocycles. The zero-order valence-electron chi connectivity index (χ0n) is 26.9. The first-order valence-corrected chi connectivity index (χ1v) is 15.5. The fourth-order valence-electron chi connectivity index (χ4n) is 4.76. The standard InChI is InChI=1S/C36H45N3O6/c1-6-7-8-9-10-21-45-29-18-14-27(15-19-29)33(41)38-39-34(42)30-20-11-25(22-24(30)2)23-31(35(43)44)37-32(40)26-12-16-28(17-13-26)36(3,4)5/h11-20,22,31H,6-10,21,23H2,1-5H3,(H,37,40)(H,38,41)(H,39,42)(H,43,44). The van der Waals surface area contributed by atoms with Crippen molar-refractivity contribution in [3.63, 3.8) is 0 Å². The van der Waals surface area contributed by atoms with E-state index in [2.05, 4.69) is 43.9 Å². The van der Waals surface area contributed by atoms with E-state index in [-0.39, 0.29) is 11.8 Å². The maximum Gasteiger partial charge on any atom is 0.326 e. The maximum absolute atomic E-state index is 12.8. The quantitative estimate of drug-likeness (QED) is 0.127. The highest BCUT2D eigenvalue weighted by Crippen LogP contribution is 2.22. The summed E-state index contributed by atoms with van der Waals surface area (Å²) in [5, 5.41) is 12.4. The smallest absolute Gasteiger partial charge is 0.326 e. The maximum atomic E-state index is 12.8. The SMILES string of the molecule is CCCCCCCOc1ccc(C(=O)NNC(=O)c2ccc(CC(NC(=O)c3ccc(C(C)(C)C)cc3)C(=O)O)cc2C)cc1. The zero-order valence-corrected chi connectivity index (χ0v) is 26.9. The van der Waals surface area contributed by atoms with E-state index >= 15 is 0 Å². The van der Waals surface area contributed by atoms with Gasteiger partial charge in [0.15, 0.2) is 0 Å². The Morgan fingerprint density at radius 2 is 1.38 bits per heavy atom. The van der Waals surface area contributed by atoms with Gasteiger partial charge in [0.1, 0.15) is 11.8 Å². The molecule has 9 nitrogen and oxygen atoms in total.